The molecule has 0 amide bonds. The van der Waals surface area contributed by atoms with Gasteiger partial charge >= 0.3 is 0 Å². The number of halogens is 2. The number of ketones is 1. The Kier molecular flexibility index (Phi) is 4.15. The van der Waals surface area contributed by atoms with Gasteiger partial charge in [-0.25, -0.2) is 0 Å². The monoisotopic (exact) mass is 331 g/mol. The lowest BCUT2D eigenvalue weighted by Gasteiger charge is -2.03. The van der Waals surface area contributed by atoms with Crippen LogP contribution in [0.1, 0.15) is 9.67 Å². The van der Waals surface area contributed by atoms with Crippen molar-refractivity contribution in [2.75, 3.05) is 6.61 Å². The van der Waals surface area contributed by atoms with E-state index in [1.165, 1.54) is 23.7 Å². The number of Topliss-reactive ketones (excluding diaryl/α,β-unsaturated/α-hetero) is 1. The highest BCUT2D eigenvalue weighted by Gasteiger charge is 2.09. The Balaban J connectivity index is 1.97. The van der Waals surface area contributed by atoms with Crippen molar-refractivity contribution in [3.63, 3.8) is 0 Å². The molecule has 0 spiro atoms. The topological polar surface area (TPSA) is 39.2 Å². The molecule has 2 aromatic heterocycles. The Morgan fingerprint density at radius 3 is 2.94 bits per heavy atom. The van der Waals surface area contributed by atoms with Crippen molar-refractivity contribution in [2.24, 2.45) is 0 Å². The molecule has 0 saturated heterocycles. The molecule has 0 fully saturated rings. The van der Waals surface area contributed by atoms with Crippen LogP contribution >= 0.6 is 38.9 Å². The number of rotatable bonds is 4. The van der Waals surface area contributed by atoms with Gasteiger partial charge in [-0.2, -0.15) is 0 Å². The molecule has 6 heteroatoms. The van der Waals surface area contributed by atoms with Gasteiger partial charge in [-0.3, -0.25) is 9.78 Å². The second-order valence-electron chi connectivity index (χ2n) is 3.15. The van der Waals surface area contributed by atoms with Crippen molar-refractivity contribution in [3.05, 3.63) is 44.3 Å². The number of ether oxygens (including phenoxy) is 1. The Morgan fingerprint density at radius 2 is 2.29 bits per heavy atom. The summed E-state index contributed by atoms with van der Waals surface area (Å²) in [6, 6.07) is 5.21. The number of nitrogens with zero attached hydrogens (tertiary/aromatic N) is 1. The Bertz CT molecular complexity index is 544. The largest absolute Gasteiger partial charge is 0.484 e. The van der Waals surface area contributed by atoms with E-state index in [2.05, 4.69) is 20.9 Å². The lowest BCUT2D eigenvalue weighted by atomic mass is 10.3. The van der Waals surface area contributed by atoms with Crippen LogP contribution in [-0.2, 0) is 0 Å². The van der Waals surface area contributed by atoms with Crippen molar-refractivity contribution < 1.29 is 9.53 Å². The average molecular weight is 333 g/mol. The molecule has 0 N–H and O–H groups in total. The first kappa shape index (κ1) is 12.5. The number of thiophene rings is 1. The van der Waals surface area contributed by atoms with Crippen LogP contribution in [0.3, 0.4) is 0 Å². The fourth-order valence-electron chi connectivity index (χ4n) is 1.16. The van der Waals surface area contributed by atoms with Crippen LogP contribution in [0, 0.1) is 0 Å². The smallest absolute Gasteiger partial charge is 0.210 e. The Morgan fingerprint density at radius 1 is 1.47 bits per heavy atom. The van der Waals surface area contributed by atoms with Crippen molar-refractivity contribution in [2.45, 2.75) is 0 Å². The first-order valence-electron chi connectivity index (χ1n) is 4.67. The zero-order valence-corrected chi connectivity index (χ0v) is 11.7. The number of carbonyl (C=O) groups is 1. The summed E-state index contributed by atoms with van der Waals surface area (Å²) in [7, 11) is 0. The summed E-state index contributed by atoms with van der Waals surface area (Å²) in [5.74, 6) is 0.419. The SMILES string of the molecule is O=C(COc1cncc(Cl)c1)c1ccc(Br)s1. The number of hydrogen-bond donors (Lipinski definition) is 0. The van der Waals surface area contributed by atoms with E-state index in [4.69, 9.17) is 16.3 Å². The van der Waals surface area contributed by atoms with E-state index in [1.807, 2.05) is 6.07 Å². The van der Waals surface area contributed by atoms with Crippen LogP contribution in [-0.4, -0.2) is 17.4 Å². The Hall–Kier alpha value is -0.910. The van der Waals surface area contributed by atoms with Gasteiger partial charge < -0.3 is 4.74 Å². The molecule has 2 heterocycles. The maximum atomic E-state index is 11.7. The second-order valence-corrected chi connectivity index (χ2v) is 6.05. The van der Waals surface area contributed by atoms with E-state index in [0.717, 1.165) is 3.79 Å². The minimum atomic E-state index is -0.0688. The molecule has 2 aromatic rings. The number of pyridine rings is 1. The van der Waals surface area contributed by atoms with E-state index in [0.29, 0.717) is 15.6 Å². The molecule has 0 saturated carbocycles. The quantitative estimate of drug-likeness (QED) is 0.799. The van der Waals surface area contributed by atoms with Gasteiger partial charge in [-0.1, -0.05) is 11.6 Å². The van der Waals surface area contributed by atoms with E-state index in [9.17, 15) is 4.79 Å². The van der Waals surface area contributed by atoms with Gasteiger partial charge in [0.05, 0.1) is 19.9 Å². The number of hydrogen-bond acceptors (Lipinski definition) is 4. The first-order valence-corrected chi connectivity index (χ1v) is 6.66. The second kappa shape index (κ2) is 5.62. The van der Waals surface area contributed by atoms with E-state index < -0.39 is 0 Å². The van der Waals surface area contributed by atoms with Crippen molar-refractivity contribution in [1.29, 1.82) is 0 Å². The molecule has 0 atom stereocenters. The summed E-state index contributed by atoms with van der Waals surface area (Å²) >= 11 is 10.4. The van der Waals surface area contributed by atoms with Gasteiger partial charge in [0.1, 0.15) is 5.75 Å². The maximum Gasteiger partial charge on any atom is 0.210 e. The Labute approximate surface area is 116 Å². The van der Waals surface area contributed by atoms with Gasteiger partial charge in [0.15, 0.2) is 6.61 Å². The van der Waals surface area contributed by atoms with Crippen LogP contribution in [0.4, 0.5) is 0 Å². The van der Waals surface area contributed by atoms with Crippen LogP contribution < -0.4 is 4.74 Å². The minimum absolute atomic E-state index is 0.0189. The summed E-state index contributed by atoms with van der Waals surface area (Å²) in [4.78, 5) is 16.3. The third-order valence-electron chi connectivity index (χ3n) is 1.90. The molecule has 3 nitrogen and oxygen atoms in total. The lowest BCUT2D eigenvalue weighted by molar-refractivity contribution is 0.0925. The standard InChI is InChI=1S/C11H7BrClNO2S/c12-11-2-1-10(17-11)9(15)6-16-8-3-7(13)4-14-5-8/h1-5H,6H2. The van der Waals surface area contributed by atoms with Crippen molar-refractivity contribution in [1.82, 2.24) is 4.98 Å². The highest BCUT2D eigenvalue weighted by atomic mass is 79.9. The number of aromatic nitrogens is 1. The zero-order chi connectivity index (χ0) is 12.3. The highest BCUT2D eigenvalue weighted by Crippen LogP contribution is 2.23. The highest BCUT2D eigenvalue weighted by molar-refractivity contribution is 9.11. The first-order chi connectivity index (χ1) is 8.15. The fraction of sp³-hybridized carbons (Fsp3) is 0.0909. The van der Waals surface area contributed by atoms with Crippen LogP contribution in [0.15, 0.2) is 34.4 Å². The summed E-state index contributed by atoms with van der Waals surface area (Å²) in [6.45, 7) is -0.0189. The van der Waals surface area contributed by atoms with Gasteiger partial charge in [-0.05, 0) is 28.1 Å². The summed E-state index contributed by atoms with van der Waals surface area (Å²) < 4.78 is 6.23. The molecule has 0 aliphatic rings. The van der Waals surface area contributed by atoms with Crippen LogP contribution in [0.2, 0.25) is 5.02 Å². The molecular weight excluding hydrogens is 326 g/mol. The molecule has 17 heavy (non-hydrogen) atoms. The van der Waals surface area contributed by atoms with Crippen molar-refractivity contribution in [3.8, 4) is 5.75 Å². The van der Waals surface area contributed by atoms with Gasteiger partial charge in [0, 0.05) is 12.3 Å². The maximum absolute atomic E-state index is 11.7. The fourth-order valence-corrected chi connectivity index (χ4v) is 2.63. The van der Waals surface area contributed by atoms with Crippen molar-refractivity contribution >= 4 is 44.7 Å². The molecule has 0 bridgehead atoms. The van der Waals surface area contributed by atoms with Crippen LogP contribution in [0.25, 0.3) is 0 Å². The molecule has 88 valence electrons. The molecule has 0 aliphatic carbocycles. The molecule has 0 radical (unpaired) electrons. The molecule has 2 rings (SSSR count). The predicted molar refractivity (Wildman–Crippen MR) is 71.1 cm³/mol. The predicted octanol–water partition coefficient (Wildman–Crippen LogP) is 3.82. The normalized spacial score (nSPS) is 10.2. The average Bonchev–Trinajstić information content (AvgIpc) is 2.73. The zero-order valence-electron chi connectivity index (χ0n) is 8.52. The summed E-state index contributed by atoms with van der Waals surface area (Å²) in [5, 5.41) is 0.480. The van der Waals surface area contributed by atoms with E-state index >= 15 is 0 Å². The van der Waals surface area contributed by atoms with Gasteiger partial charge in [0.25, 0.3) is 0 Å². The van der Waals surface area contributed by atoms with Gasteiger partial charge in [-0.15, -0.1) is 11.3 Å². The van der Waals surface area contributed by atoms with E-state index in [1.54, 1.807) is 12.1 Å². The number of carbonyl (C=O) groups excluding carboxylic acids is 1. The minimum Gasteiger partial charge on any atom is -0.484 e. The van der Waals surface area contributed by atoms with E-state index in [-0.39, 0.29) is 12.4 Å². The molecule has 0 aliphatic heterocycles. The van der Waals surface area contributed by atoms with Gasteiger partial charge in [0.2, 0.25) is 5.78 Å². The summed E-state index contributed by atoms with van der Waals surface area (Å²) in [5.41, 5.74) is 0. The molecule has 0 unspecified atom stereocenters. The third kappa shape index (κ3) is 3.52. The summed E-state index contributed by atoms with van der Waals surface area (Å²) in [6.07, 6.45) is 3.02. The lowest BCUT2D eigenvalue weighted by Crippen LogP contribution is -2.10. The third-order valence-corrected chi connectivity index (χ3v) is 3.77. The molecule has 0 aromatic carbocycles. The molecular formula is C11H7BrClNO2S. The van der Waals surface area contributed by atoms with Crippen LogP contribution in [0.5, 0.6) is 5.75 Å².